The highest BCUT2D eigenvalue weighted by Gasteiger charge is 2.04. The van der Waals surface area contributed by atoms with Crippen molar-refractivity contribution in [3.8, 4) is 0 Å². The lowest BCUT2D eigenvalue weighted by molar-refractivity contribution is 0.1000. The smallest absolute Gasteiger partial charge is 0.250 e. The van der Waals surface area contributed by atoms with Gasteiger partial charge in [0.05, 0.1) is 11.3 Å². The molecule has 0 atom stereocenters. The lowest BCUT2D eigenvalue weighted by atomic mass is 10.2. The Balaban J connectivity index is 3.10. The number of carbonyl (C=O) groups is 1. The van der Waals surface area contributed by atoms with Gasteiger partial charge in [-0.15, -0.1) is 0 Å². The summed E-state index contributed by atoms with van der Waals surface area (Å²) >= 11 is 3.31. The van der Waals surface area contributed by atoms with Gasteiger partial charge < -0.3 is 5.73 Å². The van der Waals surface area contributed by atoms with Gasteiger partial charge in [-0.05, 0) is 28.4 Å². The number of hydrogen-bond acceptors (Lipinski definition) is 2. The first kappa shape index (κ1) is 9.19. The highest BCUT2D eigenvalue weighted by Crippen LogP contribution is 2.15. The molecule has 0 saturated carbocycles. The molecule has 0 fully saturated rings. The van der Waals surface area contributed by atoms with Gasteiger partial charge in [0.15, 0.2) is 0 Å². The van der Waals surface area contributed by atoms with E-state index in [2.05, 4.69) is 20.9 Å². The number of rotatable bonds is 2. The quantitative estimate of drug-likeness (QED) is 0.835. The molecule has 12 heavy (non-hydrogen) atoms. The zero-order chi connectivity index (χ0) is 9.14. The summed E-state index contributed by atoms with van der Waals surface area (Å²) in [5.74, 6) is -0.453. The van der Waals surface area contributed by atoms with E-state index in [9.17, 15) is 4.79 Å². The molecule has 3 nitrogen and oxygen atoms in total. The van der Waals surface area contributed by atoms with Crippen LogP contribution in [0.2, 0.25) is 0 Å². The van der Waals surface area contributed by atoms with Gasteiger partial charge in [-0.3, -0.25) is 9.78 Å². The predicted molar refractivity (Wildman–Crippen MR) is 49.8 cm³/mol. The molecular formula is C8H9BrN2O. The molecule has 0 spiro atoms. The molecule has 1 aromatic heterocycles. The van der Waals surface area contributed by atoms with Crippen LogP contribution in [0.4, 0.5) is 0 Å². The largest absolute Gasteiger partial charge is 0.366 e. The average Bonchev–Trinajstić information content (AvgIpc) is 2.04. The zero-order valence-corrected chi connectivity index (χ0v) is 8.26. The minimum Gasteiger partial charge on any atom is -0.366 e. The number of carbonyl (C=O) groups excluding carboxylic acids is 1. The minimum absolute atomic E-state index is 0.430. The molecule has 4 heteroatoms. The summed E-state index contributed by atoms with van der Waals surface area (Å²) in [6.45, 7) is 2.00. The number of aromatic nitrogens is 1. The molecular weight excluding hydrogens is 220 g/mol. The van der Waals surface area contributed by atoms with Crippen LogP contribution >= 0.6 is 15.9 Å². The normalized spacial score (nSPS) is 9.83. The Morgan fingerprint density at radius 1 is 1.75 bits per heavy atom. The minimum atomic E-state index is -0.453. The number of primary amides is 1. The van der Waals surface area contributed by atoms with Gasteiger partial charge in [-0.1, -0.05) is 6.92 Å². The van der Waals surface area contributed by atoms with Crippen LogP contribution in [0, 0.1) is 0 Å². The summed E-state index contributed by atoms with van der Waals surface area (Å²) in [5, 5.41) is 0. The van der Waals surface area contributed by atoms with E-state index in [1.807, 2.05) is 6.92 Å². The van der Waals surface area contributed by atoms with Crippen LogP contribution in [0.15, 0.2) is 16.7 Å². The van der Waals surface area contributed by atoms with Crippen LogP contribution in [0.3, 0.4) is 0 Å². The Morgan fingerprint density at radius 2 is 2.42 bits per heavy atom. The first-order chi connectivity index (χ1) is 5.65. The first-order valence-corrected chi connectivity index (χ1v) is 4.38. The summed E-state index contributed by atoms with van der Waals surface area (Å²) in [7, 11) is 0. The molecule has 2 N–H and O–H groups in total. The van der Waals surface area contributed by atoms with E-state index in [1.54, 1.807) is 6.07 Å². The number of hydrogen-bond donors (Lipinski definition) is 1. The monoisotopic (exact) mass is 228 g/mol. The second-order valence-electron chi connectivity index (χ2n) is 2.37. The second kappa shape index (κ2) is 3.67. The molecule has 0 aliphatic carbocycles. The maximum Gasteiger partial charge on any atom is 0.250 e. The van der Waals surface area contributed by atoms with Gasteiger partial charge in [0, 0.05) is 10.7 Å². The van der Waals surface area contributed by atoms with E-state index < -0.39 is 5.91 Å². The Labute approximate surface area is 79.1 Å². The van der Waals surface area contributed by atoms with Crippen LogP contribution in [0.25, 0.3) is 0 Å². The summed E-state index contributed by atoms with van der Waals surface area (Å²) < 4.78 is 0.835. The standard InChI is InChI=1S/C8H9BrN2O/c1-2-7-6(9)3-5(4-11-7)8(10)12/h3-4H,2H2,1H3,(H2,10,12). The van der Waals surface area contributed by atoms with Crippen molar-refractivity contribution in [2.45, 2.75) is 13.3 Å². The van der Waals surface area contributed by atoms with Crippen LogP contribution in [-0.2, 0) is 6.42 Å². The van der Waals surface area contributed by atoms with Gasteiger partial charge in [-0.2, -0.15) is 0 Å². The number of aryl methyl sites for hydroxylation is 1. The summed E-state index contributed by atoms with van der Waals surface area (Å²) in [6.07, 6.45) is 2.32. The van der Waals surface area contributed by atoms with Gasteiger partial charge in [0.1, 0.15) is 0 Å². The molecule has 1 amide bonds. The highest BCUT2D eigenvalue weighted by atomic mass is 79.9. The van der Waals surface area contributed by atoms with Crippen molar-refractivity contribution >= 4 is 21.8 Å². The third-order valence-electron chi connectivity index (χ3n) is 1.54. The Morgan fingerprint density at radius 3 is 2.83 bits per heavy atom. The molecule has 0 saturated heterocycles. The molecule has 0 aliphatic heterocycles. The number of nitrogens with two attached hydrogens (primary N) is 1. The number of nitrogens with zero attached hydrogens (tertiary/aromatic N) is 1. The maximum atomic E-state index is 10.7. The Kier molecular flexibility index (Phi) is 2.81. The third-order valence-corrected chi connectivity index (χ3v) is 2.22. The van der Waals surface area contributed by atoms with Crippen molar-refractivity contribution in [1.29, 1.82) is 0 Å². The number of amides is 1. The lowest BCUT2D eigenvalue weighted by Gasteiger charge is -2.00. The van der Waals surface area contributed by atoms with Crippen LogP contribution in [0.1, 0.15) is 23.0 Å². The van der Waals surface area contributed by atoms with Crippen molar-refractivity contribution in [3.63, 3.8) is 0 Å². The van der Waals surface area contributed by atoms with Crippen molar-refractivity contribution in [2.75, 3.05) is 0 Å². The van der Waals surface area contributed by atoms with Gasteiger partial charge >= 0.3 is 0 Å². The van der Waals surface area contributed by atoms with Crippen molar-refractivity contribution in [2.24, 2.45) is 5.73 Å². The first-order valence-electron chi connectivity index (χ1n) is 3.59. The molecule has 1 heterocycles. The summed E-state index contributed by atoms with van der Waals surface area (Å²) in [5.41, 5.74) is 6.43. The van der Waals surface area contributed by atoms with Gasteiger partial charge in [-0.25, -0.2) is 0 Å². The fourth-order valence-electron chi connectivity index (χ4n) is 0.861. The zero-order valence-electron chi connectivity index (χ0n) is 6.67. The third kappa shape index (κ3) is 1.82. The Hall–Kier alpha value is -0.900. The molecule has 0 bridgehead atoms. The fraction of sp³-hybridized carbons (Fsp3) is 0.250. The van der Waals surface area contributed by atoms with Gasteiger partial charge in [0.2, 0.25) is 5.91 Å². The molecule has 1 aromatic rings. The molecule has 64 valence electrons. The van der Waals surface area contributed by atoms with E-state index >= 15 is 0 Å². The average molecular weight is 229 g/mol. The highest BCUT2D eigenvalue weighted by molar-refractivity contribution is 9.10. The number of halogens is 1. The van der Waals surface area contributed by atoms with E-state index in [-0.39, 0.29) is 0 Å². The van der Waals surface area contributed by atoms with Crippen LogP contribution in [-0.4, -0.2) is 10.9 Å². The molecule has 0 radical (unpaired) electrons. The van der Waals surface area contributed by atoms with Crippen molar-refractivity contribution in [1.82, 2.24) is 4.98 Å². The fourth-order valence-corrected chi connectivity index (χ4v) is 1.49. The van der Waals surface area contributed by atoms with E-state index in [1.165, 1.54) is 6.20 Å². The van der Waals surface area contributed by atoms with Gasteiger partial charge in [0.25, 0.3) is 0 Å². The van der Waals surface area contributed by atoms with E-state index in [0.717, 1.165) is 16.6 Å². The van der Waals surface area contributed by atoms with E-state index in [4.69, 9.17) is 5.73 Å². The van der Waals surface area contributed by atoms with Crippen LogP contribution in [0.5, 0.6) is 0 Å². The van der Waals surface area contributed by atoms with E-state index in [0.29, 0.717) is 5.56 Å². The topological polar surface area (TPSA) is 56.0 Å². The molecule has 1 rings (SSSR count). The number of pyridine rings is 1. The van der Waals surface area contributed by atoms with Crippen molar-refractivity contribution < 1.29 is 4.79 Å². The maximum absolute atomic E-state index is 10.7. The Bertz CT molecular complexity index is 312. The molecule has 0 unspecified atom stereocenters. The second-order valence-corrected chi connectivity index (χ2v) is 3.22. The summed E-state index contributed by atoms with van der Waals surface area (Å²) in [6, 6.07) is 1.69. The predicted octanol–water partition coefficient (Wildman–Crippen LogP) is 1.51. The summed E-state index contributed by atoms with van der Waals surface area (Å²) in [4.78, 5) is 14.8. The van der Waals surface area contributed by atoms with Crippen molar-refractivity contribution in [3.05, 3.63) is 28.0 Å². The molecule has 0 aliphatic rings. The van der Waals surface area contributed by atoms with Crippen LogP contribution < -0.4 is 5.73 Å². The molecule has 0 aromatic carbocycles. The SMILES string of the molecule is CCc1ncc(C(N)=O)cc1Br. The lowest BCUT2D eigenvalue weighted by Crippen LogP contribution is -2.11.